The third-order valence-electron chi connectivity index (χ3n) is 1.49. The molecule has 3 nitrogen and oxygen atoms in total. The van der Waals surface area contributed by atoms with Crippen LogP contribution in [0.25, 0.3) is 10.8 Å². The fraction of sp³-hybridized carbons (Fsp3) is 0.111. The first kappa shape index (κ1) is 10.9. The van der Waals surface area contributed by atoms with E-state index < -0.39 is 0 Å². The minimum Gasteiger partial charge on any atom is -0.410 e. The average Bonchev–Trinajstić information content (AvgIpc) is 2.85. The molecule has 0 aliphatic rings. The van der Waals surface area contributed by atoms with Crippen LogP contribution in [0.1, 0.15) is 0 Å². The second kappa shape index (κ2) is 4.96. The normalized spacial score (nSPS) is 10.5. The summed E-state index contributed by atoms with van der Waals surface area (Å²) in [6, 6.07) is 3.91. The molecule has 2 rings (SSSR count). The summed E-state index contributed by atoms with van der Waals surface area (Å²) < 4.78 is 6.37. The first-order chi connectivity index (χ1) is 7.25. The summed E-state index contributed by atoms with van der Waals surface area (Å²) in [5, 5.41) is 10.4. The van der Waals surface area contributed by atoms with Gasteiger partial charge < -0.3 is 4.42 Å². The quantitative estimate of drug-likeness (QED) is 0.805. The average molecular weight is 303 g/mol. The molecule has 6 heteroatoms. The zero-order valence-electron chi connectivity index (χ0n) is 7.64. The number of halogens is 1. The number of thiophene rings is 1. The fourth-order valence-corrected chi connectivity index (χ4v) is 2.41. The number of hydrogen-bond donors (Lipinski definition) is 0. The highest BCUT2D eigenvalue weighted by atomic mass is 79.9. The molecule has 0 saturated carbocycles. The predicted molar refractivity (Wildman–Crippen MR) is 66.4 cm³/mol. The van der Waals surface area contributed by atoms with Crippen LogP contribution in [0.5, 0.6) is 0 Å². The Balaban J connectivity index is 2.08. The molecule has 0 aromatic carbocycles. The number of rotatable bonds is 4. The Labute approximate surface area is 104 Å². The van der Waals surface area contributed by atoms with Crippen LogP contribution < -0.4 is 0 Å². The number of aromatic nitrogens is 2. The molecular weight excluding hydrogens is 296 g/mol. The lowest BCUT2D eigenvalue weighted by molar-refractivity contribution is 0.467. The van der Waals surface area contributed by atoms with Crippen LogP contribution in [0.15, 0.2) is 38.2 Å². The van der Waals surface area contributed by atoms with Crippen LogP contribution in [0.4, 0.5) is 0 Å². The van der Waals surface area contributed by atoms with Gasteiger partial charge in [-0.1, -0.05) is 40.3 Å². The van der Waals surface area contributed by atoms with Gasteiger partial charge in [0.25, 0.3) is 11.1 Å². The molecule has 2 aromatic rings. The molecule has 78 valence electrons. The van der Waals surface area contributed by atoms with E-state index in [-0.39, 0.29) is 0 Å². The summed E-state index contributed by atoms with van der Waals surface area (Å²) in [5.41, 5.74) is 0. The van der Waals surface area contributed by atoms with Crippen LogP contribution in [-0.2, 0) is 0 Å². The second-order valence-electron chi connectivity index (χ2n) is 2.66. The van der Waals surface area contributed by atoms with Gasteiger partial charge in [-0.25, -0.2) is 0 Å². The van der Waals surface area contributed by atoms with E-state index in [1.165, 1.54) is 11.8 Å². The number of hydrogen-bond acceptors (Lipinski definition) is 5. The second-order valence-corrected chi connectivity index (χ2v) is 5.65. The van der Waals surface area contributed by atoms with Crippen molar-refractivity contribution in [2.24, 2.45) is 0 Å². The van der Waals surface area contributed by atoms with Crippen LogP contribution in [0, 0.1) is 0 Å². The number of nitrogens with zero attached hydrogens (tertiary/aromatic N) is 2. The third kappa shape index (κ3) is 2.93. The van der Waals surface area contributed by atoms with Crippen LogP contribution in [0.3, 0.4) is 0 Å². The molecule has 2 heterocycles. The van der Waals surface area contributed by atoms with Crippen molar-refractivity contribution < 1.29 is 4.42 Å². The van der Waals surface area contributed by atoms with Crippen molar-refractivity contribution in [1.82, 2.24) is 10.2 Å². The van der Waals surface area contributed by atoms with E-state index in [9.17, 15) is 0 Å². The van der Waals surface area contributed by atoms with Crippen molar-refractivity contribution in [2.75, 3.05) is 5.75 Å². The van der Waals surface area contributed by atoms with Crippen LogP contribution >= 0.6 is 39.0 Å². The summed E-state index contributed by atoms with van der Waals surface area (Å²) in [6.45, 7) is 3.73. The lowest BCUT2D eigenvalue weighted by Crippen LogP contribution is -1.76. The zero-order valence-corrected chi connectivity index (χ0v) is 10.9. The Kier molecular flexibility index (Phi) is 3.61. The molecule has 15 heavy (non-hydrogen) atoms. The van der Waals surface area contributed by atoms with Crippen molar-refractivity contribution in [3.05, 3.63) is 28.6 Å². The van der Waals surface area contributed by atoms with Gasteiger partial charge in [0.2, 0.25) is 0 Å². The Morgan fingerprint density at radius 1 is 1.60 bits per heavy atom. The fourth-order valence-electron chi connectivity index (χ4n) is 0.908. The van der Waals surface area contributed by atoms with E-state index in [2.05, 4.69) is 32.7 Å². The zero-order chi connectivity index (χ0) is 10.7. The lowest BCUT2D eigenvalue weighted by atomic mass is 10.5. The summed E-state index contributed by atoms with van der Waals surface area (Å²) >= 11 is 6.32. The summed E-state index contributed by atoms with van der Waals surface area (Å²) in [6.07, 6.45) is 0. The van der Waals surface area contributed by atoms with Gasteiger partial charge in [0, 0.05) is 5.75 Å². The summed E-state index contributed by atoms with van der Waals surface area (Å²) in [4.78, 5) is 0.993. The largest absolute Gasteiger partial charge is 0.410 e. The third-order valence-corrected chi connectivity index (χ3v) is 3.90. The topological polar surface area (TPSA) is 38.9 Å². The molecule has 0 unspecified atom stereocenters. The van der Waals surface area contributed by atoms with Gasteiger partial charge in [-0.15, -0.1) is 21.5 Å². The molecule has 0 spiro atoms. The maximum atomic E-state index is 5.47. The summed E-state index contributed by atoms with van der Waals surface area (Å²) in [7, 11) is 0. The summed E-state index contributed by atoms with van der Waals surface area (Å²) in [5.74, 6) is 1.30. The van der Waals surface area contributed by atoms with E-state index in [0.717, 1.165) is 15.1 Å². The molecule has 0 aliphatic heterocycles. The Bertz CT molecular complexity index is 452. The molecule has 0 amide bonds. The number of thioether (sulfide) groups is 1. The molecule has 0 bridgehead atoms. The van der Waals surface area contributed by atoms with E-state index >= 15 is 0 Å². The van der Waals surface area contributed by atoms with Crippen LogP contribution in [0.2, 0.25) is 0 Å². The maximum absolute atomic E-state index is 5.47. The van der Waals surface area contributed by atoms with E-state index in [1.54, 1.807) is 11.3 Å². The molecule has 0 saturated heterocycles. The Hall–Kier alpha value is -0.590. The first-order valence-corrected chi connectivity index (χ1v) is 6.75. The van der Waals surface area contributed by atoms with E-state index in [0.29, 0.717) is 11.1 Å². The lowest BCUT2D eigenvalue weighted by Gasteiger charge is -1.91. The van der Waals surface area contributed by atoms with E-state index in [1.807, 2.05) is 17.5 Å². The SMILES string of the molecule is C=C(Br)CSc1nnc(-c2cccs2)o1. The van der Waals surface area contributed by atoms with Gasteiger partial charge in [0.05, 0.1) is 4.88 Å². The highest BCUT2D eigenvalue weighted by molar-refractivity contribution is 9.11. The van der Waals surface area contributed by atoms with Crippen molar-refractivity contribution in [3.63, 3.8) is 0 Å². The molecule has 0 radical (unpaired) electrons. The predicted octanol–water partition coefficient (Wildman–Crippen LogP) is 3.80. The van der Waals surface area contributed by atoms with E-state index in [4.69, 9.17) is 4.42 Å². The van der Waals surface area contributed by atoms with Gasteiger partial charge in [0.15, 0.2) is 0 Å². The Morgan fingerprint density at radius 3 is 3.13 bits per heavy atom. The standard InChI is InChI=1S/C9H7BrN2OS2/c1-6(10)5-15-9-12-11-8(13-9)7-3-2-4-14-7/h2-4H,1,5H2. The minimum atomic E-state index is 0.569. The van der Waals surface area contributed by atoms with Gasteiger partial charge in [-0.3, -0.25) is 0 Å². The Morgan fingerprint density at radius 2 is 2.47 bits per heavy atom. The van der Waals surface area contributed by atoms with Crippen LogP contribution in [-0.4, -0.2) is 16.0 Å². The van der Waals surface area contributed by atoms with Gasteiger partial charge >= 0.3 is 0 Å². The maximum Gasteiger partial charge on any atom is 0.277 e. The van der Waals surface area contributed by atoms with Gasteiger partial charge in [-0.2, -0.15) is 0 Å². The molecule has 0 N–H and O–H groups in total. The van der Waals surface area contributed by atoms with Crippen molar-refractivity contribution in [3.8, 4) is 10.8 Å². The monoisotopic (exact) mass is 302 g/mol. The highest BCUT2D eigenvalue weighted by Crippen LogP contribution is 2.27. The van der Waals surface area contributed by atoms with Gasteiger partial charge in [-0.05, 0) is 15.9 Å². The van der Waals surface area contributed by atoms with Crippen molar-refractivity contribution in [1.29, 1.82) is 0 Å². The highest BCUT2D eigenvalue weighted by Gasteiger charge is 2.09. The van der Waals surface area contributed by atoms with Crippen molar-refractivity contribution in [2.45, 2.75) is 5.22 Å². The molecule has 0 aliphatic carbocycles. The smallest absolute Gasteiger partial charge is 0.277 e. The first-order valence-electron chi connectivity index (χ1n) is 4.09. The molecular formula is C9H7BrN2OS2. The molecule has 0 fully saturated rings. The van der Waals surface area contributed by atoms with Crippen molar-refractivity contribution >= 4 is 39.0 Å². The molecule has 2 aromatic heterocycles. The molecule has 0 atom stereocenters. The van der Waals surface area contributed by atoms with Gasteiger partial charge in [0.1, 0.15) is 0 Å². The minimum absolute atomic E-state index is 0.569.